The van der Waals surface area contributed by atoms with Gasteiger partial charge in [-0.1, -0.05) is 35.4 Å². The molecule has 0 aliphatic carbocycles. The fourth-order valence-electron chi connectivity index (χ4n) is 2.89. The van der Waals surface area contributed by atoms with Crippen LogP contribution in [0.15, 0.2) is 42.5 Å². The van der Waals surface area contributed by atoms with Gasteiger partial charge in [-0.3, -0.25) is 9.59 Å². The van der Waals surface area contributed by atoms with Gasteiger partial charge in [0.15, 0.2) is 0 Å². The lowest BCUT2D eigenvalue weighted by Crippen LogP contribution is -2.28. The minimum atomic E-state index is -0.364. The first-order valence-electron chi connectivity index (χ1n) is 7.88. The highest BCUT2D eigenvalue weighted by atomic mass is 35.5. The van der Waals surface area contributed by atoms with Crippen molar-refractivity contribution in [2.24, 2.45) is 5.92 Å². The van der Waals surface area contributed by atoms with E-state index in [4.69, 9.17) is 11.6 Å². The standard InChI is InChI=1S/C19H19ClN2O2/c1-12-6-8-15(9-7-12)21-19(24)14-10-18(23)22(11-14)17-5-3-4-16(20)13(17)2/h3-9,14H,10-11H2,1-2H3,(H,21,24)/t14-/m0/s1. The van der Waals surface area contributed by atoms with Crippen LogP contribution in [0.3, 0.4) is 0 Å². The number of amides is 2. The van der Waals surface area contributed by atoms with E-state index >= 15 is 0 Å². The molecule has 5 heteroatoms. The van der Waals surface area contributed by atoms with E-state index in [1.54, 1.807) is 11.0 Å². The molecule has 0 spiro atoms. The molecule has 0 bridgehead atoms. The summed E-state index contributed by atoms with van der Waals surface area (Å²) in [6, 6.07) is 13.1. The van der Waals surface area contributed by atoms with E-state index < -0.39 is 0 Å². The first-order chi connectivity index (χ1) is 11.5. The van der Waals surface area contributed by atoms with E-state index in [0.29, 0.717) is 11.6 Å². The molecule has 2 aromatic rings. The first kappa shape index (κ1) is 16.5. The third-order valence-electron chi connectivity index (χ3n) is 4.34. The zero-order valence-corrected chi connectivity index (χ0v) is 14.4. The van der Waals surface area contributed by atoms with E-state index in [1.165, 1.54) is 0 Å². The average molecular weight is 343 g/mol. The number of hydrogen-bond donors (Lipinski definition) is 1. The fraction of sp³-hybridized carbons (Fsp3) is 0.263. The van der Waals surface area contributed by atoms with E-state index in [9.17, 15) is 9.59 Å². The summed E-state index contributed by atoms with van der Waals surface area (Å²) >= 11 is 6.14. The van der Waals surface area contributed by atoms with Crippen LogP contribution in [0.5, 0.6) is 0 Å². The van der Waals surface area contributed by atoms with Crippen LogP contribution in [0, 0.1) is 19.8 Å². The lowest BCUT2D eigenvalue weighted by atomic mass is 10.1. The summed E-state index contributed by atoms with van der Waals surface area (Å²) in [4.78, 5) is 26.5. The van der Waals surface area contributed by atoms with Crippen molar-refractivity contribution in [2.75, 3.05) is 16.8 Å². The molecule has 1 aliphatic heterocycles. The molecule has 0 saturated carbocycles. The molecule has 1 aliphatic rings. The maximum Gasteiger partial charge on any atom is 0.229 e. The van der Waals surface area contributed by atoms with Gasteiger partial charge in [-0.05, 0) is 43.7 Å². The number of carbonyl (C=O) groups is 2. The van der Waals surface area contributed by atoms with Gasteiger partial charge in [0.25, 0.3) is 0 Å². The van der Waals surface area contributed by atoms with Crippen molar-refractivity contribution >= 4 is 34.8 Å². The smallest absolute Gasteiger partial charge is 0.229 e. The molecule has 24 heavy (non-hydrogen) atoms. The van der Waals surface area contributed by atoms with Crippen LogP contribution in [-0.4, -0.2) is 18.4 Å². The summed E-state index contributed by atoms with van der Waals surface area (Å²) in [6.45, 7) is 4.24. The molecule has 1 saturated heterocycles. The number of nitrogens with one attached hydrogen (secondary N) is 1. The predicted octanol–water partition coefficient (Wildman–Crippen LogP) is 3.95. The summed E-state index contributed by atoms with van der Waals surface area (Å²) in [5.41, 5.74) is 3.51. The van der Waals surface area contributed by atoms with Gasteiger partial charge in [-0.2, -0.15) is 0 Å². The molecule has 2 aromatic carbocycles. The van der Waals surface area contributed by atoms with E-state index in [2.05, 4.69) is 5.32 Å². The number of aryl methyl sites for hydroxylation is 1. The Balaban J connectivity index is 1.73. The van der Waals surface area contributed by atoms with Gasteiger partial charge >= 0.3 is 0 Å². The zero-order valence-electron chi connectivity index (χ0n) is 13.7. The molecule has 0 radical (unpaired) electrons. The molecule has 1 fully saturated rings. The van der Waals surface area contributed by atoms with Gasteiger partial charge < -0.3 is 10.2 Å². The van der Waals surface area contributed by atoms with Crippen LogP contribution in [0.2, 0.25) is 5.02 Å². The largest absolute Gasteiger partial charge is 0.326 e. The molecule has 124 valence electrons. The van der Waals surface area contributed by atoms with Gasteiger partial charge in [0.2, 0.25) is 11.8 Å². The lowest BCUT2D eigenvalue weighted by molar-refractivity contribution is -0.122. The third kappa shape index (κ3) is 3.29. The van der Waals surface area contributed by atoms with Crippen molar-refractivity contribution in [1.29, 1.82) is 0 Å². The quantitative estimate of drug-likeness (QED) is 0.918. The highest BCUT2D eigenvalue weighted by molar-refractivity contribution is 6.31. The number of benzene rings is 2. The average Bonchev–Trinajstić information content (AvgIpc) is 2.94. The molecule has 4 nitrogen and oxygen atoms in total. The van der Waals surface area contributed by atoms with Gasteiger partial charge in [0.05, 0.1) is 5.92 Å². The Morgan fingerprint density at radius 1 is 1.17 bits per heavy atom. The Morgan fingerprint density at radius 2 is 1.88 bits per heavy atom. The van der Waals surface area contributed by atoms with Crippen LogP contribution in [0.1, 0.15) is 17.5 Å². The monoisotopic (exact) mass is 342 g/mol. The highest BCUT2D eigenvalue weighted by Gasteiger charge is 2.35. The summed E-state index contributed by atoms with van der Waals surface area (Å²) in [5, 5.41) is 3.50. The number of nitrogens with zero attached hydrogens (tertiary/aromatic N) is 1. The van der Waals surface area contributed by atoms with Crippen molar-refractivity contribution in [1.82, 2.24) is 0 Å². The Morgan fingerprint density at radius 3 is 2.58 bits per heavy atom. The molecule has 1 heterocycles. The second kappa shape index (κ2) is 6.65. The summed E-state index contributed by atoms with van der Waals surface area (Å²) in [7, 11) is 0. The molecule has 1 atom stereocenters. The van der Waals surface area contributed by atoms with Crippen molar-refractivity contribution < 1.29 is 9.59 Å². The highest BCUT2D eigenvalue weighted by Crippen LogP contribution is 2.31. The van der Waals surface area contributed by atoms with Crippen molar-refractivity contribution in [2.45, 2.75) is 20.3 Å². The second-order valence-corrected chi connectivity index (χ2v) is 6.55. The molecule has 3 rings (SSSR count). The number of rotatable bonds is 3. The summed E-state index contributed by atoms with van der Waals surface area (Å²) in [6.07, 6.45) is 0.212. The number of anilines is 2. The van der Waals surface area contributed by atoms with Gasteiger partial charge in [-0.15, -0.1) is 0 Å². The number of hydrogen-bond acceptors (Lipinski definition) is 2. The van der Waals surface area contributed by atoms with Crippen molar-refractivity contribution in [3.05, 3.63) is 58.6 Å². The Bertz CT molecular complexity index is 786. The second-order valence-electron chi connectivity index (χ2n) is 6.14. The van der Waals surface area contributed by atoms with Gasteiger partial charge in [0, 0.05) is 29.4 Å². The number of halogens is 1. The lowest BCUT2D eigenvalue weighted by Gasteiger charge is -2.19. The fourth-order valence-corrected chi connectivity index (χ4v) is 3.06. The molecule has 2 amide bonds. The maximum absolute atomic E-state index is 12.5. The third-order valence-corrected chi connectivity index (χ3v) is 4.75. The van der Waals surface area contributed by atoms with Crippen LogP contribution in [-0.2, 0) is 9.59 Å². The molecular weight excluding hydrogens is 324 g/mol. The normalized spacial score (nSPS) is 17.2. The van der Waals surface area contributed by atoms with E-state index in [-0.39, 0.29) is 24.2 Å². The minimum Gasteiger partial charge on any atom is -0.326 e. The topological polar surface area (TPSA) is 49.4 Å². The molecule has 0 aromatic heterocycles. The molecule has 0 unspecified atom stereocenters. The first-order valence-corrected chi connectivity index (χ1v) is 8.26. The minimum absolute atomic E-state index is 0.0515. The maximum atomic E-state index is 12.5. The summed E-state index contributed by atoms with van der Waals surface area (Å²) < 4.78 is 0. The van der Waals surface area contributed by atoms with Crippen LogP contribution < -0.4 is 10.2 Å². The van der Waals surface area contributed by atoms with E-state index in [0.717, 1.165) is 22.5 Å². The Hall–Kier alpha value is -2.33. The molecule has 1 N–H and O–H groups in total. The SMILES string of the molecule is Cc1ccc(NC(=O)[C@H]2CC(=O)N(c3cccc(Cl)c3C)C2)cc1. The van der Waals surface area contributed by atoms with Crippen molar-refractivity contribution in [3.63, 3.8) is 0 Å². The van der Waals surface area contributed by atoms with E-state index in [1.807, 2.05) is 50.2 Å². The number of carbonyl (C=O) groups excluding carboxylic acids is 2. The zero-order chi connectivity index (χ0) is 17.3. The predicted molar refractivity (Wildman–Crippen MR) is 96.5 cm³/mol. The summed E-state index contributed by atoms with van der Waals surface area (Å²) in [5.74, 6) is -0.545. The van der Waals surface area contributed by atoms with Gasteiger partial charge in [0.1, 0.15) is 0 Å². The van der Waals surface area contributed by atoms with Crippen LogP contribution >= 0.6 is 11.6 Å². The van der Waals surface area contributed by atoms with Crippen molar-refractivity contribution in [3.8, 4) is 0 Å². The van der Waals surface area contributed by atoms with Crippen LogP contribution in [0.4, 0.5) is 11.4 Å². The Kier molecular flexibility index (Phi) is 4.58. The molecular formula is C19H19ClN2O2. The van der Waals surface area contributed by atoms with Crippen LogP contribution in [0.25, 0.3) is 0 Å². The Labute approximate surface area is 146 Å². The van der Waals surface area contributed by atoms with Gasteiger partial charge in [-0.25, -0.2) is 0 Å².